The van der Waals surface area contributed by atoms with Crippen LogP contribution in [0.2, 0.25) is 0 Å². The molecule has 9 nitrogen and oxygen atoms in total. The third kappa shape index (κ3) is 5.93. The lowest BCUT2D eigenvalue weighted by molar-refractivity contribution is -0.162. The van der Waals surface area contributed by atoms with Crippen LogP contribution in [0.3, 0.4) is 0 Å². The van der Waals surface area contributed by atoms with E-state index in [1.54, 1.807) is 16.6 Å². The van der Waals surface area contributed by atoms with Crippen molar-refractivity contribution in [3.63, 3.8) is 0 Å². The Morgan fingerprint density at radius 2 is 1.42 bits per heavy atom. The van der Waals surface area contributed by atoms with Crippen molar-refractivity contribution < 1.29 is 23.7 Å². The zero-order valence-corrected chi connectivity index (χ0v) is 23.9. The number of aromatic nitrogens is 3. The van der Waals surface area contributed by atoms with Crippen LogP contribution in [0.1, 0.15) is 29.3 Å². The predicted octanol–water partition coefficient (Wildman–Crippen LogP) is 4.88. The molecule has 2 N–H and O–H groups in total. The van der Waals surface area contributed by atoms with Gasteiger partial charge < -0.3 is 24.7 Å². The average molecular weight is 579 g/mol. The number of anilines is 1. The Bertz CT molecular complexity index is 1650. The summed E-state index contributed by atoms with van der Waals surface area (Å²) >= 11 is 0. The van der Waals surface area contributed by atoms with Gasteiger partial charge in [0.05, 0.1) is 32.1 Å². The van der Waals surface area contributed by atoms with Gasteiger partial charge in [-0.2, -0.15) is 5.10 Å². The van der Waals surface area contributed by atoms with E-state index in [4.69, 9.17) is 24.7 Å². The van der Waals surface area contributed by atoms with Crippen molar-refractivity contribution in [2.75, 3.05) is 12.3 Å². The third-order valence-electron chi connectivity index (χ3n) is 7.74. The van der Waals surface area contributed by atoms with Gasteiger partial charge in [0.1, 0.15) is 30.2 Å². The highest BCUT2D eigenvalue weighted by atomic mass is 16.6. The molecule has 0 amide bonds. The number of ketones is 1. The Kier molecular flexibility index (Phi) is 8.57. The van der Waals surface area contributed by atoms with Gasteiger partial charge in [-0.05, 0) is 35.7 Å². The van der Waals surface area contributed by atoms with E-state index in [1.807, 2.05) is 91.0 Å². The summed E-state index contributed by atoms with van der Waals surface area (Å²) in [6.07, 6.45) is -0.776. The van der Waals surface area contributed by atoms with E-state index >= 15 is 0 Å². The van der Waals surface area contributed by atoms with E-state index in [9.17, 15) is 4.79 Å². The highest BCUT2D eigenvalue weighted by Gasteiger charge is 2.62. The first-order chi connectivity index (χ1) is 21.1. The van der Waals surface area contributed by atoms with Crippen molar-refractivity contribution in [1.82, 2.24) is 14.6 Å². The van der Waals surface area contributed by atoms with E-state index < -0.39 is 23.9 Å². The van der Waals surface area contributed by atoms with Crippen LogP contribution in [-0.2, 0) is 49.2 Å². The Morgan fingerprint density at radius 3 is 2.02 bits per heavy atom. The number of benzene rings is 3. The molecular formula is C34H34N4O5. The SMILES string of the molecule is CC(=O)[C@@]1(c2ccc3c(N)ncnn23)O[C@H](COCc2ccccc2)[C@@H](OCc2ccccc2)[C@H]1OCc1ccccc1. The van der Waals surface area contributed by atoms with Gasteiger partial charge in [-0.15, -0.1) is 0 Å². The minimum absolute atomic E-state index is 0.176. The van der Waals surface area contributed by atoms with Crippen molar-refractivity contribution in [2.24, 2.45) is 0 Å². The normalized spacial score (nSPS) is 21.7. The molecular weight excluding hydrogens is 544 g/mol. The number of fused-ring (bicyclic) bond motifs is 1. The van der Waals surface area contributed by atoms with Crippen molar-refractivity contribution >= 4 is 17.1 Å². The van der Waals surface area contributed by atoms with Crippen molar-refractivity contribution in [3.8, 4) is 0 Å². The molecule has 0 spiro atoms. The van der Waals surface area contributed by atoms with Gasteiger partial charge in [0.2, 0.25) is 0 Å². The molecule has 2 aromatic heterocycles. The maximum atomic E-state index is 13.9. The van der Waals surface area contributed by atoms with Crippen LogP contribution in [0.15, 0.2) is 109 Å². The van der Waals surface area contributed by atoms with Gasteiger partial charge in [0, 0.05) is 0 Å². The number of hydrogen-bond donors (Lipinski definition) is 1. The number of rotatable bonds is 12. The van der Waals surface area contributed by atoms with Gasteiger partial charge in [-0.3, -0.25) is 4.79 Å². The first-order valence-electron chi connectivity index (χ1n) is 14.3. The molecule has 4 atom stereocenters. The number of hydrogen-bond acceptors (Lipinski definition) is 8. The maximum absolute atomic E-state index is 13.9. The minimum Gasteiger partial charge on any atom is -0.382 e. The highest BCUT2D eigenvalue weighted by Crippen LogP contribution is 2.45. The largest absolute Gasteiger partial charge is 0.382 e. The van der Waals surface area contributed by atoms with E-state index in [-0.39, 0.29) is 19.0 Å². The molecule has 1 fully saturated rings. The zero-order valence-electron chi connectivity index (χ0n) is 23.9. The molecule has 1 saturated heterocycles. The molecule has 0 saturated carbocycles. The summed E-state index contributed by atoms with van der Waals surface area (Å²) in [5.74, 6) is 0.0425. The summed E-state index contributed by atoms with van der Waals surface area (Å²) in [7, 11) is 0. The fraction of sp³-hybridized carbons (Fsp3) is 0.265. The molecule has 0 bridgehead atoms. The number of Topliss-reactive ketones (excluding diaryl/α,β-unsaturated/α-hetero) is 1. The Morgan fingerprint density at radius 1 is 0.837 bits per heavy atom. The minimum atomic E-state index is -1.57. The molecule has 1 aliphatic heterocycles. The van der Waals surface area contributed by atoms with Crippen LogP contribution < -0.4 is 5.73 Å². The van der Waals surface area contributed by atoms with Crippen LogP contribution in [0.5, 0.6) is 0 Å². The second kappa shape index (κ2) is 12.8. The first-order valence-corrected chi connectivity index (χ1v) is 14.3. The zero-order chi connectivity index (χ0) is 29.6. The molecule has 0 radical (unpaired) electrons. The van der Waals surface area contributed by atoms with Crippen LogP contribution >= 0.6 is 0 Å². The van der Waals surface area contributed by atoms with E-state index in [1.165, 1.54) is 13.3 Å². The van der Waals surface area contributed by atoms with Gasteiger partial charge in [0.15, 0.2) is 17.2 Å². The molecule has 0 unspecified atom stereocenters. The standard InChI is InChI=1S/C34H34N4O5/c1-24(39)34(30-18-17-28-33(35)36-23-37-38(28)30)32(42-21-27-15-9-4-10-16-27)31(41-20-26-13-7-3-8-14-26)29(43-34)22-40-19-25-11-5-2-6-12-25/h2-18,23,29,31-32H,19-22H2,1H3,(H2,35,36,37)/t29-,31-,32-,34+/m1/s1. The Hall–Kier alpha value is -4.41. The summed E-state index contributed by atoms with van der Waals surface area (Å²) < 4.78 is 27.8. The highest BCUT2D eigenvalue weighted by molar-refractivity contribution is 5.88. The maximum Gasteiger partial charge on any atom is 0.197 e. The number of nitrogen functional groups attached to an aromatic ring is 1. The number of carbonyl (C=O) groups excluding carboxylic acids is 1. The molecule has 3 heterocycles. The lowest BCUT2D eigenvalue weighted by Crippen LogP contribution is -2.49. The van der Waals surface area contributed by atoms with Gasteiger partial charge in [0.25, 0.3) is 0 Å². The van der Waals surface area contributed by atoms with E-state index in [0.29, 0.717) is 30.2 Å². The van der Waals surface area contributed by atoms with Crippen LogP contribution in [0.4, 0.5) is 5.82 Å². The molecule has 9 heteroatoms. The topological polar surface area (TPSA) is 110 Å². The van der Waals surface area contributed by atoms with Crippen molar-refractivity contribution in [3.05, 3.63) is 132 Å². The molecule has 220 valence electrons. The second-order valence-electron chi connectivity index (χ2n) is 10.6. The van der Waals surface area contributed by atoms with Gasteiger partial charge in [-0.1, -0.05) is 91.0 Å². The summed E-state index contributed by atoms with van der Waals surface area (Å²) in [5.41, 5.74) is 8.63. The molecule has 43 heavy (non-hydrogen) atoms. The monoisotopic (exact) mass is 578 g/mol. The quantitative estimate of drug-likeness (QED) is 0.223. The van der Waals surface area contributed by atoms with Crippen LogP contribution in [-0.4, -0.2) is 45.3 Å². The average Bonchev–Trinajstić information content (AvgIpc) is 3.61. The second-order valence-corrected chi connectivity index (χ2v) is 10.6. The summed E-state index contributed by atoms with van der Waals surface area (Å²) in [6, 6.07) is 33.2. The molecule has 5 aromatic rings. The van der Waals surface area contributed by atoms with E-state index in [0.717, 1.165) is 16.7 Å². The lowest BCUT2D eigenvalue weighted by atomic mass is 9.87. The third-order valence-corrected chi connectivity index (χ3v) is 7.74. The van der Waals surface area contributed by atoms with Gasteiger partial charge in [-0.25, -0.2) is 9.50 Å². The predicted molar refractivity (Wildman–Crippen MR) is 161 cm³/mol. The number of ether oxygens (including phenoxy) is 4. The lowest BCUT2D eigenvalue weighted by Gasteiger charge is -2.33. The molecule has 3 aromatic carbocycles. The molecule has 1 aliphatic rings. The van der Waals surface area contributed by atoms with Crippen LogP contribution in [0, 0.1) is 0 Å². The summed E-state index contributed by atoms with van der Waals surface area (Å²) in [6.45, 7) is 2.60. The number of carbonyl (C=O) groups is 1. The summed E-state index contributed by atoms with van der Waals surface area (Å²) in [5, 5.41) is 4.44. The smallest absolute Gasteiger partial charge is 0.197 e. The van der Waals surface area contributed by atoms with Crippen LogP contribution in [0.25, 0.3) is 5.52 Å². The number of nitrogens with zero attached hydrogens (tertiary/aromatic N) is 3. The van der Waals surface area contributed by atoms with E-state index in [2.05, 4.69) is 10.1 Å². The first kappa shape index (κ1) is 28.7. The Labute approximate surface area is 250 Å². The fourth-order valence-corrected chi connectivity index (χ4v) is 5.63. The fourth-order valence-electron chi connectivity index (χ4n) is 5.63. The van der Waals surface area contributed by atoms with Gasteiger partial charge >= 0.3 is 0 Å². The Balaban J connectivity index is 1.40. The van der Waals surface area contributed by atoms with Crippen molar-refractivity contribution in [2.45, 2.75) is 50.7 Å². The molecule has 6 rings (SSSR count). The summed E-state index contributed by atoms with van der Waals surface area (Å²) in [4.78, 5) is 18.0. The molecule has 0 aliphatic carbocycles. The number of nitrogens with two attached hydrogens (primary N) is 1. The van der Waals surface area contributed by atoms with Crippen molar-refractivity contribution in [1.29, 1.82) is 0 Å².